The van der Waals surface area contributed by atoms with E-state index in [0.29, 0.717) is 13.1 Å². The molecule has 82 valence electrons. The SMILES string of the molecule is CN(C)CC#N.CN(C)CC(N)=NO. The number of amidine groups is 1. The number of nitriles is 1. The molecule has 0 amide bonds. The second-order valence-electron chi connectivity index (χ2n) is 3.23. The molecule has 0 aliphatic carbocycles. The zero-order valence-electron chi connectivity index (χ0n) is 9.23. The van der Waals surface area contributed by atoms with Gasteiger partial charge in [-0.05, 0) is 28.2 Å². The van der Waals surface area contributed by atoms with Gasteiger partial charge in [0.15, 0.2) is 5.84 Å². The molecule has 6 heteroatoms. The van der Waals surface area contributed by atoms with Crippen LogP contribution in [0.4, 0.5) is 0 Å². The van der Waals surface area contributed by atoms with Gasteiger partial charge in [0.2, 0.25) is 0 Å². The minimum atomic E-state index is 0.231. The van der Waals surface area contributed by atoms with Gasteiger partial charge in [0.05, 0.1) is 19.2 Å². The van der Waals surface area contributed by atoms with E-state index in [0.717, 1.165) is 0 Å². The summed E-state index contributed by atoms with van der Waals surface area (Å²) >= 11 is 0. The van der Waals surface area contributed by atoms with Crippen LogP contribution in [0.3, 0.4) is 0 Å². The summed E-state index contributed by atoms with van der Waals surface area (Å²) in [6.45, 7) is 1.01. The fourth-order valence-electron chi connectivity index (χ4n) is 0.497. The molecule has 0 aliphatic rings. The van der Waals surface area contributed by atoms with Crippen molar-refractivity contribution in [1.82, 2.24) is 9.80 Å². The van der Waals surface area contributed by atoms with Crippen LogP contribution in [0.25, 0.3) is 0 Å². The van der Waals surface area contributed by atoms with Crippen LogP contribution in [0.5, 0.6) is 0 Å². The van der Waals surface area contributed by atoms with E-state index in [-0.39, 0.29) is 5.84 Å². The fourth-order valence-corrected chi connectivity index (χ4v) is 0.497. The first-order valence-electron chi connectivity index (χ1n) is 4.06. The Hall–Kier alpha value is -1.32. The number of nitrogens with zero attached hydrogens (tertiary/aromatic N) is 4. The molecule has 0 aromatic carbocycles. The van der Waals surface area contributed by atoms with E-state index in [4.69, 9.17) is 16.2 Å². The largest absolute Gasteiger partial charge is 0.409 e. The maximum Gasteiger partial charge on any atom is 0.153 e. The third-order valence-corrected chi connectivity index (χ3v) is 0.994. The van der Waals surface area contributed by atoms with Crippen molar-refractivity contribution in [2.24, 2.45) is 10.9 Å². The number of rotatable bonds is 3. The van der Waals surface area contributed by atoms with Gasteiger partial charge in [0, 0.05) is 0 Å². The van der Waals surface area contributed by atoms with Crippen molar-refractivity contribution < 1.29 is 5.21 Å². The molecule has 0 aromatic rings. The molecule has 0 unspecified atom stereocenters. The highest BCUT2D eigenvalue weighted by Gasteiger charge is 1.91. The molecule has 6 nitrogen and oxygen atoms in total. The Morgan fingerprint density at radius 2 is 1.86 bits per heavy atom. The van der Waals surface area contributed by atoms with Crippen molar-refractivity contribution in [2.75, 3.05) is 41.3 Å². The molecule has 14 heavy (non-hydrogen) atoms. The van der Waals surface area contributed by atoms with Crippen LogP contribution in [0.1, 0.15) is 0 Å². The van der Waals surface area contributed by atoms with E-state index < -0.39 is 0 Å². The monoisotopic (exact) mass is 201 g/mol. The average Bonchev–Trinajstić information content (AvgIpc) is 2.03. The van der Waals surface area contributed by atoms with Crippen LogP contribution in [0, 0.1) is 11.3 Å². The van der Waals surface area contributed by atoms with Crippen LogP contribution < -0.4 is 5.73 Å². The van der Waals surface area contributed by atoms with Gasteiger partial charge >= 0.3 is 0 Å². The van der Waals surface area contributed by atoms with Gasteiger partial charge in [0.1, 0.15) is 0 Å². The molecule has 0 aliphatic heterocycles. The molecule has 0 aromatic heterocycles. The van der Waals surface area contributed by atoms with Gasteiger partial charge in [-0.15, -0.1) is 0 Å². The topological polar surface area (TPSA) is 88.9 Å². The van der Waals surface area contributed by atoms with Gasteiger partial charge in [-0.2, -0.15) is 5.26 Å². The lowest BCUT2D eigenvalue weighted by Crippen LogP contribution is -2.27. The summed E-state index contributed by atoms with van der Waals surface area (Å²) in [6, 6.07) is 1.99. The Balaban J connectivity index is 0. The Morgan fingerprint density at radius 3 is 1.93 bits per heavy atom. The highest BCUT2D eigenvalue weighted by atomic mass is 16.4. The Morgan fingerprint density at radius 1 is 1.36 bits per heavy atom. The number of oxime groups is 1. The number of likely N-dealkylation sites (N-methyl/N-ethyl adjacent to an activating group) is 1. The molecule has 0 rings (SSSR count). The van der Waals surface area contributed by atoms with Gasteiger partial charge in [-0.1, -0.05) is 5.16 Å². The summed E-state index contributed by atoms with van der Waals surface area (Å²) in [5.74, 6) is 0.231. The first-order valence-corrected chi connectivity index (χ1v) is 4.06. The lowest BCUT2D eigenvalue weighted by atomic mass is 10.6. The number of hydrogen-bond donors (Lipinski definition) is 2. The lowest BCUT2D eigenvalue weighted by molar-refractivity contribution is 0.313. The number of nitrogens with two attached hydrogens (primary N) is 1. The van der Waals surface area contributed by atoms with Gasteiger partial charge in [-0.3, -0.25) is 4.90 Å². The van der Waals surface area contributed by atoms with E-state index in [2.05, 4.69) is 5.16 Å². The van der Waals surface area contributed by atoms with Crippen LogP contribution in [-0.2, 0) is 0 Å². The Kier molecular flexibility index (Phi) is 10.6. The van der Waals surface area contributed by atoms with Crippen molar-refractivity contribution in [3.8, 4) is 6.07 Å². The first-order chi connectivity index (χ1) is 6.43. The minimum Gasteiger partial charge on any atom is -0.409 e. The molecule has 0 radical (unpaired) electrons. The summed E-state index contributed by atoms with van der Waals surface area (Å²) in [5, 5.41) is 18.7. The molecule has 0 saturated heterocycles. The molecular weight excluding hydrogens is 182 g/mol. The molecule has 0 heterocycles. The predicted octanol–water partition coefficient (Wildman–Crippen LogP) is -0.634. The standard InChI is InChI=1S/C4H11N3O.C4H8N2/c1-7(2)3-4(5)6-8;1-6(2)4-3-5/h8H,3H2,1-2H3,(H2,5,6);4H2,1-2H3. The third kappa shape index (κ3) is 17.0. The van der Waals surface area contributed by atoms with Gasteiger partial charge in [-0.25, -0.2) is 0 Å². The van der Waals surface area contributed by atoms with Crippen molar-refractivity contribution in [3.05, 3.63) is 0 Å². The van der Waals surface area contributed by atoms with Crippen molar-refractivity contribution >= 4 is 5.84 Å². The van der Waals surface area contributed by atoms with E-state index in [1.165, 1.54) is 0 Å². The number of hydrogen-bond acceptors (Lipinski definition) is 5. The van der Waals surface area contributed by atoms with Gasteiger partial charge < -0.3 is 15.8 Å². The molecular formula is C8H19N5O. The van der Waals surface area contributed by atoms with Crippen molar-refractivity contribution in [1.29, 1.82) is 5.26 Å². The first kappa shape index (κ1) is 15.2. The summed E-state index contributed by atoms with van der Waals surface area (Å²) in [6.07, 6.45) is 0. The Bertz CT molecular complexity index is 194. The molecule has 3 N–H and O–H groups in total. The summed E-state index contributed by atoms with van der Waals surface area (Å²) in [5.41, 5.74) is 5.13. The van der Waals surface area contributed by atoms with Crippen molar-refractivity contribution in [2.45, 2.75) is 0 Å². The van der Waals surface area contributed by atoms with Crippen LogP contribution in [0.15, 0.2) is 5.16 Å². The normalized spacial score (nSPS) is 10.8. The second kappa shape index (κ2) is 9.77. The van der Waals surface area contributed by atoms with Gasteiger partial charge in [0.25, 0.3) is 0 Å². The second-order valence-corrected chi connectivity index (χ2v) is 3.23. The summed E-state index contributed by atoms with van der Waals surface area (Å²) < 4.78 is 0. The maximum absolute atomic E-state index is 8.02. The van der Waals surface area contributed by atoms with Crippen LogP contribution in [0.2, 0.25) is 0 Å². The molecule has 0 spiro atoms. The average molecular weight is 201 g/mol. The maximum atomic E-state index is 8.02. The summed E-state index contributed by atoms with van der Waals surface area (Å²) in [4.78, 5) is 3.63. The van der Waals surface area contributed by atoms with Crippen LogP contribution in [-0.4, -0.2) is 62.1 Å². The van der Waals surface area contributed by atoms with Crippen molar-refractivity contribution in [3.63, 3.8) is 0 Å². The quantitative estimate of drug-likeness (QED) is 0.208. The minimum absolute atomic E-state index is 0.231. The predicted molar refractivity (Wildman–Crippen MR) is 56.1 cm³/mol. The summed E-state index contributed by atoms with van der Waals surface area (Å²) in [7, 11) is 7.42. The zero-order valence-corrected chi connectivity index (χ0v) is 9.23. The molecule has 0 fully saturated rings. The van der Waals surface area contributed by atoms with Crippen LogP contribution >= 0.6 is 0 Å². The third-order valence-electron chi connectivity index (χ3n) is 0.994. The smallest absolute Gasteiger partial charge is 0.153 e. The zero-order chi connectivity index (χ0) is 11.6. The highest BCUT2D eigenvalue weighted by Crippen LogP contribution is 1.71. The van der Waals surface area contributed by atoms with E-state index in [9.17, 15) is 0 Å². The van der Waals surface area contributed by atoms with E-state index in [1.54, 1.807) is 0 Å². The van der Waals surface area contributed by atoms with E-state index >= 15 is 0 Å². The molecule has 0 saturated carbocycles. The molecule has 0 bridgehead atoms. The van der Waals surface area contributed by atoms with E-state index in [1.807, 2.05) is 44.1 Å². The highest BCUT2D eigenvalue weighted by molar-refractivity contribution is 5.81. The lowest BCUT2D eigenvalue weighted by Gasteiger charge is -2.05. The Labute approximate surface area is 85.2 Å². The molecule has 0 atom stereocenters. The fraction of sp³-hybridized carbons (Fsp3) is 0.750.